The largest absolute Gasteiger partial charge is 0.506 e. The number of para-hydroxylation sites is 2. The second-order valence-corrected chi connectivity index (χ2v) is 8.21. The van der Waals surface area contributed by atoms with Gasteiger partial charge in [-0.2, -0.15) is 0 Å². The van der Waals surface area contributed by atoms with Crippen LogP contribution < -0.4 is 4.90 Å². The molecule has 0 radical (unpaired) electrons. The number of phenolic OH excluding ortho intramolecular Hbond substituents is 1. The number of aromatic hydroxyl groups is 1. The molecule has 2 aliphatic rings. The van der Waals surface area contributed by atoms with Gasteiger partial charge in [0.25, 0.3) is 17.7 Å². The minimum absolute atomic E-state index is 0.170. The summed E-state index contributed by atoms with van der Waals surface area (Å²) < 4.78 is 0. The Labute approximate surface area is 191 Å². The van der Waals surface area contributed by atoms with E-state index in [1.54, 1.807) is 29.2 Å². The molecular formula is C26H23N3O4. The molecule has 2 aliphatic heterocycles. The van der Waals surface area contributed by atoms with Crippen LogP contribution in [0.1, 0.15) is 36.6 Å². The molecule has 3 amide bonds. The summed E-state index contributed by atoms with van der Waals surface area (Å²) in [6.45, 7) is 2.38. The maximum absolute atomic E-state index is 13.1. The van der Waals surface area contributed by atoms with Gasteiger partial charge in [0.2, 0.25) is 0 Å². The van der Waals surface area contributed by atoms with Gasteiger partial charge in [0.15, 0.2) is 0 Å². The van der Waals surface area contributed by atoms with Crippen LogP contribution in [0.3, 0.4) is 0 Å². The zero-order valence-electron chi connectivity index (χ0n) is 18.0. The summed E-state index contributed by atoms with van der Waals surface area (Å²) in [6, 6.07) is 21.2. The van der Waals surface area contributed by atoms with Gasteiger partial charge < -0.3 is 14.9 Å². The van der Waals surface area contributed by atoms with Gasteiger partial charge in [-0.1, -0.05) is 42.5 Å². The fraction of sp³-hybridized carbons (Fsp3) is 0.192. The molecule has 0 aromatic heterocycles. The zero-order valence-corrected chi connectivity index (χ0v) is 18.0. The molecule has 0 saturated carbocycles. The van der Waals surface area contributed by atoms with Gasteiger partial charge in [0.1, 0.15) is 5.75 Å². The Hall–Kier alpha value is -4.13. The number of carbonyl (C=O) groups is 3. The molecule has 0 spiro atoms. The first-order valence-corrected chi connectivity index (χ1v) is 10.9. The van der Waals surface area contributed by atoms with E-state index in [0.29, 0.717) is 37.3 Å². The maximum atomic E-state index is 13.1. The highest BCUT2D eigenvalue weighted by Gasteiger charge is 2.36. The maximum Gasteiger partial charge on any atom is 0.261 e. The van der Waals surface area contributed by atoms with Gasteiger partial charge in [0, 0.05) is 31.7 Å². The van der Waals surface area contributed by atoms with Crippen molar-refractivity contribution in [1.29, 1.82) is 0 Å². The summed E-state index contributed by atoms with van der Waals surface area (Å²) in [5, 5.41) is 10.1. The average Bonchev–Trinajstić information content (AvgIpc) is 3.09. The van der Waals surface area contributed by atoms with Crippen molar-refractivity contribution in [2.24, 2.45) is 0 Å². The number of nitrogens with zero attached hydrogens (tertiary/aromatic N) is 3. The second kappa shape index (κ2) is 8.43. The quantitative estimate of drug-likeness (QED) is 0.629. The van der Waals surface area contributed by atoms with E-state index in [-0.39, 0.29) is 35.6 Å². The normalized spacial score (nSPS) is 15.7. The second-order valence-electron chi connectivity index (χ2n) is 8.21. The summed E-state index contributed by atoms with van der Waals surface area (Å²) >= 11 is 0. The van der Waals surface area contributed by atoms with Crippen molar-refractivity contribution in [2.75, 3.05) is 31.1 Å². The average molecular weight is 441 g/mol. The topological polar surface area (TPSA) is 81.2 Å². The molecule has 7 nitrogen and oxygen atoms in total. The summed E-state index contributed by atoms with van der Waals surface area (Å²) in [6.07, 6.45) is 0. The van der Waals surface area contributed by atoms with Crippen LogP contribution >= 0.6 is 0 Å². The van der Waals surface area contributed by atoms with E-state index in [4.69, 9.17) is 0 Å². The number of carbonyl (C=O) groups excluding carboxylic acids is 3. The Morgan fingerprint density at radius 1 is 0.788 bits per heavy atom. The van der Waals surface area contributed by atoms with Crippen molar-refractivity contribution in [1.82, 2.24) is 9.80 Å². The van der Waals surface area contributed by atoms with Crippen molar-refractivity contribution in [3.05, 3.63) is 95.1 Å². The molecule has 0 aliphatic carbocycles. The molecular weight excluding hydrogens is 418 g/mol. The van der Waals surface area contributed by atoms with Gasteiger partial charge in [-0.05, 0) is 35.9 Å². The van der Waals surface area contributed by atoms with E-state index >= 15 is 0 Å². The van der Waals surface area contributed by atoms with Crippen LogP contribution in [0.25, 0.3) is 0 Å². The molecule has 33 heavy (non-hydrogen) atoms. The van der Waals surface area contributed by atoms with E-state index in [2.05, 4.69) is 0 Å². The number of rotatable bonds is 4. The lowest BCUT2D eigenvalue weighted by Crippen LogP contribution is -2.48. The van der Waals surface area contributed by atoms with Crippen molar-refractivity contribution in [3.63, 3.8) is 0 Å². The van der Waals surface area contributed by atoms with Crippen molar-refractivity contribution < 1.29 is 19.5 Å². The Morgan fingerprint density at radius 2 is 1.45 bits per heavy atom. The van der Waals surface area contributed by atoms with E-state index in [9.17, 15) is 19.5 Å². The smallest absolute Gasteiger partial charge is 0.261 e. The number of fused-ring (bicyclic) bond motifs is 1. The molecule has 3 aromatic rings. The van der Waals surface area contributed by atoms with Gasteiger partial charge in [-0.15, -0.1) is 0 Å². The molecule has 0 atom stereocenters. The lowest BCUT2D eigenvalue weighted by Gasteiger charge is -2.36. The van der Waals surface area contributed by atoms with Gasteiger partial charge in [0.05, 0.1) is 23.4 Å². The van der Waals surface area contributed by atoms with E-state index < -0.39 is 0 Å². The first-order valence-electron chi connectivity index (χ1n) is 10.9. The van der Waals surface area contributed by atoms with Crippen LogP contribution in [-0.4, -0.2) is 58.8 Å². The summed E-state index contributed by atoms with van der Waals surface area (Å²) in [7, 11) is 0. The van der Waals surface area contributed by atoms with E-state index in [1.165, 1.54) is 11.0 Å². The lowest BCUT2D eigenvalue weighted by molar-refractivity contribution is 0.0642. The van der Waals surface area contributed by atoms with E-state index in [1.807, 2.05) is 47.4 Å². The Morgan fingerprint density at radius 3 is 2.18 bits per heavy atom. The number of anilines is 1. The van der Waals surface area contributed by atoms with Crippen LogP contribution in [0.2, 0.25) is 0 Å². The summed E-state index contributed by atoms with van der Waals surface area (Å²) in [5.74, 6) is -0.664. The fourth-order valence-corrected chi connectivity index (χ4v) is 4.40. The third kappa shape index (κ3) is 3.82. The Kier molecular flexibility index (Phi) is 5.30. The number of amides is 3. The highest BCUT2D eigenvalue weighted by molar-refractivity contribution is 6.22. The van der Waals surface area contributed by atoms with E-state index in [0.717, 1.165) is 11.3 Å². The summed E-state index contributed by atoms with van der Waals surface area (Å²) in [4.78, 5) is 43.8. The minimum atomic E-state index is -0.377. The Bertz CT molecular complexity index is 1230. The summed E-state index contributed by atoms with van der Waals surface area (Å²) in [5.41, 5.74) is 2.62. The molecule has 1 fully saturated rings. The first kappa shape index (κ1) is 20.8. The standard InChI is InChI=1S/C26H23N3O4/c30-23-9-5-4-8-22(23)27-12-14-28(15-13-27)24(31)19-10-11-20-21(16-19)26(33)29(25(20)32)17-18-6-2-1-3-7-18/h1-11,16,30H,12-15,17H2. The number of imide groups is 1. The highest BCUT2D eigenvalue weighted by atomic mass is 16.3. The van der Waals surface area contributed by atoms with Gasteiger partial charge in [-0.25, -0.2) is 0 Å². The minimum Gasteiger partial charge on any atom is -0.506 e. The number of hydrogen-bond donors (Lipinski definition) is 1. The third-order valence-electron chi connectivity index (χ3n) is 6.19. The molecule has 3 aromatic carbocycles. The van der Waals surface area contributed by atoms with Crippen LogP contribution in [0.5, 0.6) is 5.75 Å². The number of phenols is 1. The third-order valence-corrected chi connectivity index (χ3v) is 6.19. The van der Waals surface area contributed by atoms with Crippen LogP contribution in [0, 0.1) is 0 Å². The molecule has 1 saturated heterocycles. The van der Waals surface area contributed by atoms with Crippen molar-refractivity contribution in [2.45, 2.75) is 6.54 Å². The molecule has 2 heterocycles. The number of hydrogen-bond acceptors (Lipinski definition) is 5. The molecule has 1 N–H and O–H groups in total. The van der Waals surface area contributed by atoms with Crippen LogP contribution in [0.4, 0.5) is 5.69 Å². The SMILES string of the molecule is O=C(c1ccc2c(c1)C(=O)N(Cc1ccccc1)C2=O)N1CCN(c2ccccc2O)CC1. The lowest BCUT2D eigenvalue weighted by atomic mass is 10.0. The predicted octanol–water partition coefficient (Wildman–Crippen LogP) is 3.15. The monoisotopic (exact) mass is 441 g/mol. The van der Waals surface area contributed by atoms with Crippen LogP contribution in [0.15, 0.2) is 72.8 Å². The van der Waals surface area contributed by atoms with Crippen molar-refractivity contribution >= 4 is 23.4 Å². The van der Waals surface area contributed by atoms with Crippen molar-refractivity contribution in [3.8, 4) is 5.75 Å². The molecule has 0 bridgehead atoms. The molecule has 7 heteroatoms. The van der Waals surface area contributed by atoms with Crippen LogP contribution in [-0.2, 0) is 6.54 Å². The molecule has 5 rings (SSSR count). The zero-order chi connectivity index (χ0) is 22.9. The number of benzene rings is 3. The van der Waals surface area contributed by atoms with Gasteiger partial charge in [-0.3, -0.25) is 19.3 Å². The first-order chi connectivity index (χ1) is 16.0. The fourth-order valence-electron chi connectivity index (χ4n) is 4.40. The predicted molar refractivity (Wildman–Crippen MR) is 123 cm³/mol. The highest BCUT2D eigenvalue weighted by Crippen LogP contribution is 2.29. The molecule has 166 valence electrons. The molecule has 0 unspecified atom stereocenters. The van der Waals surface area contributed by atoms with Gasteiger partial charge >= 0.3 is 0 Å². The Balaban J connectivity index is 1.29. The number of piperazine rings is 1.